The topological polar surface area (TPSA) is 82.2 Å². The van der Waals surface area contributed by atoms with Gasteiger partial charge < -0.3 is 14.5 Å². The highest BCUT2D eigenvalue weighted by molar-refractivity contribution is 6.01. The number of aryl methyl sites for hydroxylation is 1. The normalized spacial score (nSPS) is 10.9. The van der Waals surface area contributed by atoms with Crippen LogP contribution in [-0.4, -0.2) is 27.3 Å². The second-order valence-electron chi connectivity index (χ2n) is 5.31. The van der Waals surface area contributed by atoms with Crippen molar-refractivity contribution in [2.45, 2.75) is 13.5 Å². The van der Waals surface area contributed by atoms with Crippen LogP contribution < -0.4 is 10.1 Å². The first-order valence-electron chi connectivity index (χ1n) is 7.80. The Kier molecular flexibility index (Phi) is 5.26. The molecule has 2 heterocycles. The van der Waals surface area contributed by atoms with Crippen LogP contribution in [0.3, 0.4) is 0 Å². The molecule has 0 aliphatic rings. The van der Waals surface area contributed by atoms with Crippen molar-refractivity contribution in [1.82, 2.24) is 14.8 Å². The summed E-state index contributed by atoms with van der Waals surface area (Å²) in [6.45, 7) is 2.91. The van der Waals surface area contributed by atoms with E-state index in [0.717, 1.165) is 5.76 Å². The Balaban J connectivity index is 1.52. The third-order valence-electron chi connectivity index (χ3n) is 3.32. The van der Waals surface area contributed by atoms with Crippen LogP contribution in [0.15, 0.2) is 59.5 Å². The first kappa shape index (κ1) is 16.5. The van der Waals surface area contributed by atoms with E-state index in [4.69, 9.17) is 9.15 Å². The molecule has 0 fully saturated rings. The number of hydrogen-bond donors (Lipinski definition) is 1. The Morgan fingerprint density at radius 2 is 2.28 bits per heavy atom. The Labute approximate surface area is 144 Å². The minimum absolute atomic E-state index is 0.242. The van der Waals surface area contributed by atoms with Crippen LogP contribution in [0.25, 0.3) is 6.08 Å². The van der Waals surface area contributed by atoms with Gasteiger partial charge in [-0.2, -0.15) is 5.10 Å². The first-order valence-corrected chi connectivity index (χ1v) is 7.80. The van der Waals surface area contributed by atoms with E-state index in [0.29, 0.717) is 30.3 Å². The van der Waals surface area contributed by atoms with Crippen LogP contribution in [0, 0.1) is 6.92 Å². The Morgan fingerprint density at radius 3 is 3.04 bits per heavy atom. The molecule has 2 aromatic heterocycles. The van der Waals surface area contributed by atoms with Crippen LogP contribution in [0.5, 0.6) is 5.75 Å². The van der Waals surface area contributed by atoms with Crippen LogP contribution in [-0.2, 0) is 11.3 Å². The fourth-order valence-corrected chi connectivity index (χ4v) is 2.15. The summed E-state index contributed by atoms with van der Waals surface area (Å²) >= 11 is 0. The zero-order valence-electron chi connectivity index (χ0n) is 13.8. The lowest BCUT2D eigenvalue weighted by atomic mass is 10.3. The number of amides is 1. The molecule has 3 aromatic rings. The zero-order valence-corrected chi connectivity index (χ0v) is 13.8. The van der Waals surface area contributed by atoms with Gasteiger partial charge in [0.25, 0.3) is 0 Å². The van der Waals surface area contributed by atoms with Crippen molar-refractivity contribution in [1.29, 1.82) is 0 Å². The minimum atomic E-state index is -0.242. The van der Waals surface area contributed by atoms with Crippen LogP contribution >= 0.6 is 0 Å². The van der Waals surface area contributed by atoms with Gasteiger partial charge >= 0.3 is 0 Å². The van der Waals surface area contributed by atoms with Gasteiger partial charge in [0.1, 0.15) is 36.5 Å². The Hall–Kier alpha value is -3.35. The molecule has 0 aliphatic heterocycles. The van der Waals surface area contributed by atoms with E-state index in [1.807, 2.05) is 31.2 Å². The minimum Gasteiger partial charge on any atom is -0.492 e. The monoisotopic (exact) mass is 338 g/mol. The van der Waals surface area contributed by atoms with Crippen LogP contribution in [0.1, 0.15) is 11.5 Å². The molecule has 0 atom stereocenters. The van der Waals surface area contributed by atoms with Crippen molar-refractivity contribution in [2.24, 2.45) is 0 Å². The fraction of sp³-hybridized carbons (Fsp3) is 0.167. The first-order chi connectivity index (χ1) is 12.2. The molecule has 0 aliphatic carbocycles. The molecule has 7 heteroatoms. The average molecular weight is 338 g/mol. The predicted octanol–water partition coefficient (Wildman–Crippen LogP) is 2.91. The van der Waals surface area contributed by atoms with E-state index in [1.54, 1.807) is 29.2 Å². The van der Waals surface area contributed by atoms with Gasteiger partial charge in [-0.15, -0.1) is 0 Å². The van der Waals surface area contributed by atoms with Gasteiger partial charge in [0.2, 0.25) is 5.91 Å². The fourth-order valence-electron chi connectivity index (χ4n) is 2.15. The van der Waals surface area contributed by atoms with E-state index in [-0.39, 0.29) is 5.91 Å². The number of aromatic nitrogens is 3. The quantitative estimate of drug-likeness (QED) is 0.670. The molecule has 25 heavy (non-hydrogen) atoms. The summed E-state index contributed by atoms with van der Waals surface area (Å²) in [4.78, 5) is 15.8. The van der Waals surface area contributed by atoms with E-state index in [1.165, 1.54) is 12.4 Å². The lowest BCUT2D eigenvalue weighted by molar-refractivity contribution is -0.111. The number of ether oxygens (including phenoxy) is 1. The third kappa shape index (κ3) is 5.07. The summed E-state index contributed by atoms with van der Waals surface area (Å²) in [6, 6.07) is 10.9. The lowest BCUT2D eigenvalue weighted by Gasteiger charge is -2.08. The number of nitrogens with zero attached hydrogens (tertiary/aromatic N) is 3. The van der Waals surface area contributed by atoms with Crippen molar-refractivity contribution in [3.63, 3.8) is 0 Å². The number of carbonyl (C=O) groups is 1. The maximum atomic E-state index is 12.0. The van der Waals surface area contributed by atoms with E-state index in [2.05, 4.69) is 15.4 Å². The van der Waals surface area contributed by atoms with Gasteiger partial charge in [0, 0.05) is 17.8 Å². The summed E-state index contributed by atoms with van der Waals surface area (Å²) in [5, 5.41) is 6.79. The maximum absolute atomic E-state index is 12.0. The van der Waals surface area contributed by atoms with Crippen molar-refractivity contribution in [2.75, 3.05) is 11.9 Å². The van der Waals surface area contributed by atoms with Crippen LogP contribution in [0.4, 0.5) is 5.69 Å². The SMILES string of the molecule is Cc1ccc(/C=C/C(=O)Nc2cccc(OCCn3cncn3)c2)o1. The molecule has 1 N–H and O–H groups in total. The summed E-state index contributed by atoms with van der Waals surface area (Å²) in [5.41, 5.74) is 0.656. The van der Waals surface area contributed by atoms with E-state index in [9.17, 15) is 4.79 Å². The molecule has 0 radical (unpaired) electrons. The van der Waals surface area contributed by atoms with Gasteiger partial charge in [0.05, 0.1) is 6.54 Å². The standard InChI is InChI=1S/C18H18N4O3/c1-14-5-6-16(25-14)7-8-18(23)21-15-3-2-4-17(11-15)24-10-9-22-13-19-12-20-22/h2-8,11-13H,9-10H2,1H3,(H,21,23)/b8-7+. The predicted molar refractivity (Wildman–Crippen MR) is 93.1 cm³/mol. The largest absolute Gasteiger partial charge is 0.492 e. The molecule has 0 saturated heterocycles. The highest BCUT2D eigenvalue weighted by Crippen LogP contribution is 2.17. The van der Waals surface area contributed by atoms with Gasteiger partial charge in [-0.25, -0.2) is 9.67 Å². The number of benzene rings is 1. The lowest BCUT2D eigenvalue weighted by Crippen LogP contribution is -2.10. The summed E-state index contributed by atoms with van der Waals surface area (Å²) in [7, 11) is 0. The van der Waals surface area contributed by atoms with Crippen molar-refractivity contribution in [3.8, 4) is 5.75 Å². The Morgan fingerprint density at radius 1 is 1.36 bits per heavy atom. The zero-order chi connectivity index (χ0) is 17.5. The molecular formula is C18H18N4O3. The molecule has 0 bridgehead atoms. The van der Waals surface area contributed by atoms with Crippen molar-refractivity contribution < 1.29 is 13.9 Å². The van der Waals surface area contributed by atoms with Crippen LogP contribution in [0.2, 0.25) is 0 Å². The molecule has 0 unspecified atom stereocenters. The highest BCUT2D eigenvalue weighted by atomic mass is 16.5. The third-order valence-corrected chi connectivity index (χ3v) is 3.32. The molecule has 7 nitrogen and oxygen atoms in total. The molecule has 3 rings (SSSR count). The average Bonchev–Trinajstić information content (AvgIpc) is 3.25. The van der Waals surface area contributed by atoms with E-state index >= 15 is 0 Å². The molecular weight excluding hydrogens is 320 g/mol. The van der Waals surface area contributed by atoms with Crippen molar-refractivity contribution in [3.05, 3.63) is 66.6 Å². The summed E-state index contributed by atoms with van der Waals surface area (Å²) in [5.74, 6) is 1.87. The molecule has 0 spiro atoms. The number of rotatable bonds is 7. The van der Waals surface area contributed by atoms with Crippen molar-refractivity contribution >= 4 is 17.7 Å². The number of furan rings is 1. The summed E-state index contributed by atoms with van der Waals surface area (Å²) in [6.07, 6.45) is 6.16. The molecule has 128 valence electrons. The van der Waals surface area contributed by atoms with Gasteiger partial charge in [-0.05, 0) is 37.3 Å². The van der Waals surface area contributed by atoms with Gasteiger partial charge in [-0.3, -0.25) is 4.79 Å². The van der Waals surface area contributed by atoms with Gasteiger partial charge in [-0.1, -0.05) is 6.07 Å². The molecule has 1 aromatic carbocycles. The number of carbonyl (C=O) groups excluding carboxylic acids is 1. The second-order valence-corrected chi connectivity index (χ2v) is 5.31. The molecule has 0 saturated carbocycles. The van der Waals surface area contributed by atoms with Gasteiger partial charge in [0.15, 0.2) is 0 Å². The number of nitrogens with one attached hydrogen (secondary N) is 1. The number of hydrogen-bond acceptors (Lipinski definition) is 5. The molecule has 1 amide bonds. The highest BCUT2D eigenvalue weighted by Gasteiger charge is 2.02. The number of anilines is 1. The maximum Gasteiger partial charge on any atom is 0.248 e. The smallest absolute Gasteiger partial charge is 0.248 e. The van der Waals surface area contributed by atoms with E-state index < -0.39 is 0 Å². The second kappa shape index (κ2) is 7.96. The Bertz CT molecular complexity index is 853. The summed E-state index contributed by atoms with van der Waals surface area (Å²) < 4.78 is 12.7.